The third-order valence-corrected chi connectivity index (χ3v) is 7.08. The van der Waals surface area contributed by atoms with Crippen molar-refractivity contribution >= 4 is 5.91 Å². The Balaban J connectivity index is 1.40. The third kappa shape index (κ3) is 3.18. The first-order valence-electron chi connectivity index (χ1n) is 10.3. The van der Waals surface area contributed by atoms with Gasteiger partial charge in [0.2, 0.25) is 5.91 Å². The van der Waals surface area contributed by atoms with Crippen molar-refractivity contribution in [2.75, 3.05) is 52.5 Å². The minimum absolute atomic E-state index is 0.195. The van der Waals surface area contributed by atoms with E-state index < -0.39 is 0 Å². The summed E-state index contributed by atoms with van der Waals surface area (Å²) in [4.78, 5) is 20.2. The summed E-state index contributed by atoms with van der Waals surface area (Å²) in [6.45, 7) is 6.63. The zero-order valence-electron chi connectivity index (χ0n) is 15.7. The lowest BCUT2D eigenvalue weighted by atomic mass is 9.75. The van der Waals surface area contributed by atoms with Crippen LogP contribution < -0.4 is 0 Å². The highest BCUT2D eigenvalue weighted by atomic mass is 19.1. The maximum Gasteiger partial charge on any atom is 0.237 e. The van der Waals surface area contributed by atoms with Gasteiger partial charge in [-0.25, -0.2) is 4.39 Å². The van der Waals surface area contributed by atoms with E-state index in [0.717, 1.165) is 32.7 Å². The fourth-order valence-corrected chi connectivity index (χ4v) is 5.75. The number of benzene rings is 1. The second kappa shape index (κ2) is 7.15. The van der Waals surface area contributed by atoms with E-state index in [-0.39, 0.29) is 17.6 Å². The van der Waals surface area contributed by atoms with Gasteiger partial charge in [0.25, 0.3) is 0 Å². The molecular weight excluding hydrogens is 345 g/mol. The van der Waals surface area contributed by atoms with Crippen LogP contribution in [0, 0.1) is 11.7 Å². The number of fused-ring (bicyclic) bond motifs is 2. The average molecular weight is 373 g/mol. The molecule has 5 aliphatic rings. The van der Waals surface area contributed by atoms with E-state index in [1.54, 1.807) is 12.1 Å². The number of piperidine rings is 3. The average Bonchev–Trinajstić information content (AvgIpc) is 3.13. The first-order valence-corrected chi connectivity index (χ1v) is 10.3. The zero-order valence-corrected chi connectivity index (χ0v) is 15.7. The van der Waals surface area contributed by atoms with E-state index >= 15 is 0 Å². The molecule has 146 valence electrons. The Kier molecular flexibility index (Phi) is 4.66. The highest BCUT2D eigenvalue weighted by Gasteiger charge is 2.54. The number of halogens is 1. The highest BCUT2D eigenvalue weighted by Crippen LogP contribution is 2.46. The maximum atomic E-state index is 13.4. The Morgan fingerprint density at radius 1 is 1.04 bits per heavy atom. The Morgan fingerprint density at radius 2 is 1.74 bits per heavy atom. The number of nitrogens with zero attached hydrogens (tertiary/aromatic N) is 3. The van der Waals surface area contributed by atoms with Gasteiger partial charge in [-0.15, -0.1) is 0 Å². The van der Waals surface area contributed by atoms with Gasteiger partial charge in [0, 0.05) is 31.6 Å². The molecule has 5 saturated heterocycles. The van der Waals surface area contributed by atoms with Gasteiger partial charge in [0.15, 0.2) is 0 Å². The molecule has 0 aliphatic carbocycles. The van der Waals surface area contributed by atoms with Crippen molar-refractivity contribution in [3.05, 3.63) is 35.6 Å². The summed E-state index contributed by atoms with van der Waals surface area (Å²) in [6, 6.07) is 7.64. The molecule has 2 bridgehead atoms. The van der Waals surface area contributed by atoms with Gasteiger partial charge >= 0.3 is 0 Å². The van der Waals surface area contributed by atoms with Crippen LogP contribution in [0.3, 0.4) is 0 Å². The Morgan fingerprint density at radius 3 is 2.44 bits per heavy atom. The van der Waals surface area contributed by atoms with Crippen LogP contribution in [0.15, 0.2) is 24.3 Å². The minimum Gasteiger partial charge on any atom is -0.379 e. The molecule has 0 radical (unpaired) electrons. The van der Waals surface area contributed by atoms with Crippen molar-refractivity contribution < 1.29 is 13.9 Å². The van der Waals surface area contributed by atoms with Crippen LogP contribution in [-0.4, -0.2) is 85.2 Å². The molecule has 0 saturated carbocycles. The summed E-state index contributed by atoms with van der Waals surface area (Å²) in [5.41, 5.74) is 1.17. The second-order valence-electron chi connectivity index (χ2n) is 8.45. The van der Waals surface area contributed by atoms with Gasteiger partial charge in [-0.2, -0.15) is 0 Å². The summed E-state index contributed by atoms with van der Waals surface area (Å²) >= 11 is 0. The molecule has 0 aromatic heterocycles. The number of rotatable bonds is 3. The number of likely N-dealkylation sites (tertiary alicyclic amines) is 1. The standard InChI is InChI=1S/C21H28FN3O2/c22-17-3-1-15(2-4-17)18-13-25(19(26)14-23-9-11-27-12-10-23)20-16-5-7-24(8-6-16)21(18)20/h1-4,16,18,20-21H,5-14H2/t18-,20+,21+/m1/s1. The predicted octanol–water partition coefficient (Wildman–Crippen LogP) is 1.55. The molecule has 0 spiro atoms. The molecule has 6 rings (SSSR count). The smallest absolute Gasteiger partial charge is 0.237 e. The molecular formula is C21H28FN3O2. The number of hydrogen-bond donors (Lipinski definition) is 0. The molecule has 3 atom stereocenters. The third-order valence-electron chi connectivity index (χ3n) is 7.08. The molecule has 27 heavy (non-hydrogen) atoms. The number of carbonyl (C=O) groups excluding carboxylic acids is 1. The first-order chi connectivity index (χ1) is 13.2. The molecule has 5 aliphatic heterocycles. The first kappa shape index (κ1) is 17.6. The monoisotopic (exact) mass is 373 g/mol. The number of ether oxygens (including phenoxy) is 1. The molecule has 0 N–H and O–H groups in total. The van der Waals surface area contributed by atoms with E-state index in [1.807, 2.05) is 12.1 Å². The van der Waals surface area contributed by atoms with Gasteiger partial charge in [0.1, 0.15) is 5.82 Å². The summed E-state index contributed by atoms with van der Waals surface area (Å²) < 4.78 is 18.8. The Hall–Kier alpha value is -1.50. The van der Waals surface area contributed by atoms with Crippen LogP contribution in [0.4, 0.5) is 4.39 Å². The number of carbonyl (C=O) groups is 1. The van der Waals surface area contributed by atoms with Crippen LogP contribution >= 0.6 is 0 Å². The van der Waals surface area contributed by atoms with Crippen molar-refractivity contribution in [1.29, 1.82) is 0 Å². The van der Waals surface area contributed by atoms with Crippen molar-refractivity contribution in [2.45, 2.75) is 30.8 Å². The van der Waals surface area contributed by atoms with E-state index in [4.69, 9.17) is 4.74 Å². The van der Waals surface area contributed by atoms with E-state index in [1.165, 1.54) is 18.4 Å². The summed E-state index contributed by atoms with van der Waals surface area (Å²) in [7, 11) is 0. The van der Waals surface area contributed by atoms with Crippen LogP contribution in [0.1, 0.15) is 24.3 Å². The lowest BCUT2D eigenvalue weighted by molar-refractivity contribution is -0.138. The summed E-state index contributed by atoms with van der Waals surface area (Å²) in [6.07, 6.45) is 2.39. The topological polar surface area (TPSA) is 36.0 Å². The Bertz CT molecular complexity index is 683. The van der Waals surface area contributed by atoms with E-state index in [9.17, 15) is 9.18 Å². The largest absolute Gasteiger partial charge is 0.379 e. The zero-order chi connectivity index (χ0) is 18.4. The lowest BCUT2D eigenvalue weighted by Gasteiger charge is -2.51. The van der Waals surface area contributed by atoms with Gasteiger partial charge in [-0.3, -0.25) is 14.6 Å². The molecule has 5 fully saturated rings. The molecule has 1 amide bonds. The lowest BCUT2D eigenvalue weighted by Crippen LogP contribution is -2.61. The van der Waals surface area contributed by atoms with Gasteiger partial charge in [-0.1, -0.05) is 12.1 Å². The maximum absolute atomic E-state index is 13.4. The molecule has 5 nitrogen and oxygen atoms in total. The molecule has 1 aromatic rings. The normalized spacial score (nSPS) is 36.0. The van der Waals surface area contributed by atoms with Crippen LogP contribution in [0.5, 0.6) is 0 Å². The van der Waals surface area contributed by atoms with Crippen molar-refractivity contribution in [3.8, 4) is 0 Å². The van der Waals surface area contributed by atoms with Crippen molar-refractivity contribution in [3.63, 3.8) is 0 Å². The number of hydrogen-bond acceptors (Lipinski definition) is 4. The van der Waals surface area contributed by atoms with Crippen LogP contribution in [0.25, 0.3) is 0 Å². The second-order valence-corrected chi connectivity index (χ2v) is 8.45. The van der Waals surface area contributed by atoms with Gasteiger partial charge in [-0.05, 0) is 49.5 Å². The van der Waals surface area contributed by atoms with Crippen LogP contribution in [0.2, 0.25) is 0 Å². The Labute approximate surface area is 160 Å². The van der Waals surface area contributed by atoms with E-state index in [2.05, 4.69) is 14.7 Å². The molecule has 6 heteroatoms. The predicted molar refractivity (Wildman–Crippen MR) is 100.0 cm³/mol. The number of morpholine rings is 1. The van der Waals surface area contributed by atoms with Gasteiger partial charge in [0.05, 0.1) is 25.8 Å². The quantitative estimate of drug-likeness (QED) is 0.806. The molecule has 5 heterocycles. The van der Waals surface area contributed by atoms with Crippen molar-refractivity contribution in [1.82, 2.24) is 14.7 Å². The van der Waals surface area contributed by atoms with Crippen LogP contribution in [-0.2, 0) is 9.53 Å². The summed E-state index contributed by atoms with van der Waals surface area (Å²) in [5, 5.41) is 0. The SMILES string of the molecule is O=C(CN1CCOCC1)N1C[C@H](c2ccc(F)cc2)[C@H]2[C@@H]1C1CCN2CC1. The molecule has 0 unspecified atom stereocenters. The number of amides is 1. The minimum atomic E-state index is -0.195. The van der Waals surface area contributed by atoms with E-state index in [0.29, 0.717) is 37.8 Å². The molecule has 1 aromatic carbocycles. The summed E-state index contributed by atoms with van der Waals surface area (Å²) in [5.74, 6) is 0.954. The fraction of sp³-hybridized carbons (Fsp3) is 0.667. The highest BCUT2D eigenvalue weighted by molar-refractivity contribution is 5.79. The van der Waals surface area contributed by atoms with Crippen molar-refractivity contribution in [2.24, 2.45) is 5.92 Å². The van der Waals surface area contributed by atoms with Gasteiger partial charge < -0.3 is 9.64 Å². The fourth-order valence-electron chi connectivity index (χ4n) is 5.75.